The predicted molar refractivity (Wildman–Crippen MR) is 120 cm³/mol. The van der Waals surface area contributed by atoms with Crippen molar-refractivity contribution in [1.29, 1.82) is 5.26 Å². The Balaban J connectivity index is 1.90. The minimum Gasteiger partial charge on any atom is -0.455 e. The molecule has 0 aliphatic carbocycles. The van der Waals surface area contributed by atoms with E-state index in [1.165, 1.54) is 6.33 Å². The molecule has 0 N–H and O–H groups in total. The van der Waals surface area contributed by atoms with Crippen LogP contribution in [0.2, 0.25) is 0 Å². The third-order valence-electron chi connectivity index (χ3n) is 5.44. The van der Waals surface area contributed by atoms with Crippen molar-refractivity contribution in [1.82, 2.24) is 9.97 Å². The summed E-state index contributed by atoms with van der Waals surface area (Å²) in [5.41, 5.74) is 3.96. The molecule has 0 spiro atoms. The molecule has 5 rings (SSSR count). The smallest absolute Gasteiger partial charge is 0.145 e. The summed E-state index contributed by atoms with van der Waals surface area (Å²) in [7, 11) is 0. The Hall–Kier alpha value is -3.71. The van der Waals surface area contributed by atoms with Crippen LogP contribution in [0.3, 0.4) is 0 Å². The molecule has 2 heterocycles. The maximum atomic E-state index is 9.24. The normalized spacial score (nSPS) is 13.9. The minimum atomic E-state index is -2.31. The lowest BCUT2D eigenvalue weighted by molar-refractivity contribution is 0.567. The average molecular weight is 394 g/mol. The topological polar surface area (TPSA) is 62.7 Å². The third-order valence-corrected chi connectivity index (χ3v) is 5.44. The highest BCUT2D eigenvalue weighted by molar-refractivity contribution is 6.18. The van der Waals surface area contributed by atoms with E-state index in [0.29, 0.717) is 33.4 Å². The van der Waals surface area contributed by atoms with Crippen LogP contribution in [0.15, 0.2) is 59.3 Å². The van der Waals surface area contributed by atoms with Gasteiger partial charge in [-0.1, -0.05) is 32.9 Å². The van der Waals surface area contributed by atoms with E-state index in [1.807, 2.05) is 24.3 Å². The van der Waals surface area contributed by atoms with Crippen molar-refractivity contribution in [2.45, 2.75) is 33.0 Å². The highest BCUT2D eigenvalue weighted by Gasteiger charge is 2.20. The number of benzene rings is 3. The Bertz CT molecular complexity index is 1600. The van der Waals surface area contributed by atoms with Crippen LogP contribution in [0.4, 0.5) is 0 Å². The zero-order chi connectivity index (χ0) is 23.5. The monoisotopic (exact) mass is 394 g/mol. The predicted octanol–water partition coefficient (Wildman–Crippen LogP) is 6.67. The third kappa shape index (κ3) is 2.74. The lowest BCUT2D eigenvalue weighted by Crippen LogP contribution is -2.13. The summed E-state index contributed by atoms with van der Waals surface area (Å²) in [6, 6.07) is 16.6. The van der Waals surface area contributed by atoms with Crippen LogP contribution in [-0.2, 0) is 5.41 Å². The second-order valence-corrected chi connectivity index (χ2v) is 8.50. The number of hydrogen-bond acceptors (Lipinski definition) is 4. The summed E-state index contributed by atoms with van der Waals surface area (Å²) in [4.78, 5) is 8.89. The van der Waals surface area contributed by atoms with Crippen molar-refractivity contribution in [3.8, 4) is 17.3 Å². The lowest BCUT2D eigenvalue weighted by Gasteiger charge is -2.17. The van der Waals surface area contributed by atoms with Crippen molar-refractivity contribution >= 4 is 32.7 Å². The van der Waals surface area contributed by atoms with E-state index in [0.717, 1.165) is 21.9 Å². The van der Waals surface area contributed by atoms with E-state index < -0.39 is 6.85 Å². The first-order valence-corrected chi connectivity index (χ1v) is 9.73. The molecule has 30 heavy (non-hydrogen) atoms. The van der Waals surface area contributed by atoms with E-state index in [2.05, 4.69) is 36.8 Å². The van der Waals surface area contributed by atoms with Crippen LogP contribution in [0, 0.1) is 18.2 Å². The summed E-state index contributed by atoms with van der Waals surface area (Å²) in [6.45, 7) is 3.93. The van der Waals surface area contributed by atoms with Crippen LogP contribution in [0.25, 0.3) is 44.0 Å². The molecular formula is C26H21N3O. The fourth-order valence-corrected chi connectivity index (χ4v) is 3.85. The van der Waals surface area contributed by atoms with Crippen LogP contribution >= 0.6 is 0 Å². The van der Waals surface area contributed by atoms with Gasteiger partial charge in [-0.05, 0) is 54.2 Å². The molecule has 3 aromatic carbocycles. The SMILES string of the molecule is [2H]C([2H])([2H])c1ccc(-c2cc(C(C)(C)C)ncn2)c2oc3c4ccc(C#N)cc4ccc3c12. The first-order valence-electron chi connectivity index (χ1n) is 11.2. The van der Waals surface area contributed by atoms with Gasteiger partial charge in [0.25, 0.3) is 0 Å². The zero-order valence-corrected chi connectivity index (χ0v) is 16.9. The molecule has 146 valence electrons. The van der Waals surface area contributed by atoms with Gasteiger partial charge in [-0.15, -0.1) is 0 Å². The summed E-state index contributed by atoms with van der Waals surface area (Å²) in [5.74, 6) is 0. The fourth-order valence-electron chi connectivity index (χ4n) is 3.85. The molecule has 0 bridgehead atoms. The molecule has 2 aromatic heterocycles. The first-order chi connectivity index (χ1) is 15.6. The van der Waals surface area contributed by atoms with Gasteiger partial charge >= 0.3 is 0 Å². The van der Waals surface area contributed by atoms with Gasteiger partial charge in [0.05, 0.1) is 17.3 Å². The number of nitrogens with zero attached hydrogens (tertiary/aromatic N) is 3. The number of fused-ring (bicyclic) bond motifs is 5. The van der Waals surface area contributed by atoms with E-state index in [1.54, 1.807) is 24.3 Å². The molecule has 0 saturated carbocycles. The molecule has 0 aliphatic rings. The molecule has 0 radical (unpaired) electrons. The molecule has 4 nitrogen and oxygen atoms in total. The molecule has 0 saturated heterocycles. The number of rotatable bonds is 1. The van der Waals surface area contributed by atoms with E-state index >= 15 is 0 Å². The zero-order valence-electron chi connectivity index (χ0n) is 19.9. The van der Waals surface area contributed by atoms with Crippen molar-refractivity contribution in [3.05, 3.63) is 71.7 Å². The van der Waals surface area contributed by atoms with Gasteiger partial charge in [0, 0.05) is 36.9 Å². The van der Waals surface area contributed by atoms with Crippen LogP contribution < -0.4 is 0 Å². The number of furan rings is 1. The van der Waals surface area contributed by atoms with Gasteiger partial charge in [-0.3, -0.25) is 0 Å². The second-order valence-electron chi connectivity index (χ2n) is 8.50. The minimum absolute atomic E-state index is 0.169. The summed E-state index contributed by atoms with van der Waals surface area (Å²) >= 11 is 0. The van der Waals surface area contributed by atoms with Gasteiger partial charge in [0.2, 0.25) is 0 Å². The highest BCUT2D eigenvalue weighted by Crippen LogP contribution is 2.40. The van der Waals surface area contributed by atoms with E-state index in [-0.39, 0.29) is 11.0 Å². The Morgan fingerprint density at radius 2 is 1.80 bits per heavy atom. The molecule has 0 atom stereocenters. The van der Waals surface area contributed by atoms with Crippen molar-refractivity contribution in [2.24, 2.45) is 0 Å². The molecule has 0 unspecified atom stereocenters. The quantitative estimate of drug-likeness (QED) is 0.318. The number of hydrogen-bond donors (Lipinski definition) is 0. The van der Waals surface area contributed by atoms with Crippen LogP contribution in [0.5, 0.6) is 0 Å². The van der Waals surface area contributed by atoms with Gasteiger partial charge in [-0.2, -0.15) is 5.26 Å². The molecule has 5 aromatic rings. The lowest BCUT2D eigenvalue weighted by atomic mass is 9.91. The Kier molecular flexibility index (Phi) is 3.24. The van der Waals surface area contributed by atoms with Crippen molar-refractivity contribution in [2.75, 3.05) is 0 Å². The van der Waals surface area contributed by atoms with Gasteiger partial charge in [-0.25, -0.2) is 9.97 Å². The van der Waals surface area contributed by atoms with E-state index in [4.69, 9.17) is 8.53 Å². The van der Waals surface area contributed by atoms with E-state index in [9.17, 15) is 5.26 Å². The summed E-state index contributed by atoms with van der Waals surface area (Å²) in [6.07, 6.45) is 1.53. The number of aryl methyl sites for hydroxylation is 1. The second kappa shape index (κ2) is 6.40. The standard InChI is InChI=1S/C26H21N3O/c1-15-5-8-19(21-12-22(26(2,3)4)29-14-28-21)25-23(15)20-10-7-17-11-16(13-27)6-9-18(17)24(20)30-25/h5-12,14H,1-4H3/i1D3. The van der Waals surface area contributed by atoms with Crippen molar-refractivity contribution < 1.29 is 8.53 Å². The summed E-state index contributed by atoms with van der Waals surface area (Å²) < 4.78 is 30.7. The highest BCUT2D eigenvalue weighted by atomic mass is 16.3. The maximum absolute atomic E-state index is 9.24. The summed E-state index contributed by atoms with van der Waals surface area (Å²) in [5, 5.41) is 12.2. The van der Waals surface area contributed by atoms with Crippen molar-refractivity contribution in [3.63, 3.8) is 0 Å². The van der Waals surface area contributed by atoms with Gasteiger partial charge in [0.15, 0.2) is 0 Å². The molecule has 0 fully saturated rings. The average Bonchev–Trinajstić information content (AvgIpc) is 3.16. The largest absolute Gasteiger partial charge is 0.455 e. The molecule has 0 aliphatic heterocycles. The molecular weight excluding hydrogens is 370 g/mol. The van der Waals surface area contributed by atoms with Gasteiger partial charge in [0.1, 0.15) is 17.5 Å². The van der Waals surface area contributed by atoms with Crippen LogP contribution in [0.1, 0.15) is 41.7 Å². The fraction of sp³-hybridized carbons (Fsp3) is 0.192. The Labute approximate surface area is 179 Å². The molecule has 0 amide bonds. The molecule has 4 heteroatoms. The Morgan fingerprint density at radius 3 is 2.57 bits per heavy atom. The maximum Gasteiger partial charge on any atom is 0.145 e. The van der Waals surface area contributed by atoms with Gasteiger partial charge < -0.3 is 4.42 Å². The Morgan fingerprint density at radius 1 is 0.967 bits per heavy atom. The first kappa shape index (κ1) is 15.2. The van der Waals surface area contributed by atoms with Crippen LogP contribution in [-0.4, -0.2) is 9.97 Å². The number of aromatic nitrogens is 2. The number of nitriles is 1.